The Bertz CT molecular complexity index is 217. The molecule has 0 amide bonds. The summed E-state index contributed by atoms with van der Waals surface area (Å²) in [6, 6.07) is 0. The predicted molar refractivity (Wildman–Crippen MR) is 80.8 cm³/mol. The number of carbonyl (C=O) groups excluding carboxylic acids is 1. The van der Waals surface area contributed by atoms with E-state index < -0.39 is 0 Å². The highest BCUT2D eigenvalue weighted by Crippen LogP contribution is 2.09. The Kier molecular flexibility index (Phi) is 14.3. The number of hydrogen-bond donors (Lipinski definition) is 0. The van der Waals surface area contributed by atoms with Crippen molar-refractivity contribution in [2.45, 2.75) is 58.8 Å². The Hall–Kier alpha value is -0.610. The molecule has 0 fully saturated rings. The van der Waals surface area contributed by atoms with E-state index in [0.29, 0.717) is 32.8 Å². The molecule has 0 heterocycles. The molecule has 0 aromatic heterocycles. The van der Waals surface area contributed by atoms with Gasteiger partial charge < -0.3 is 14.2 Å². The van der Waals surface area contributed by atoms with Gasteiger partial charge in [0.15, 0.2) is 0 Å². The van der Waals surface area contributed by atoms with Crippen LogP contribution < -0.4 is 0 Å². The molecule has 0 aliphatic rings. The lowest BCUT2D eigenvalue weighted by atomic mass is 10.0. The van der Waals surface area contributed by atoms with Gasteiger partial charge in [-0.2, -0.15) is 0 Å². The van der Waals surface area contributed by atoms with E-state index in [4.69, 9.17) is 14.2 Å². The first kappa shape index (κ1) is 19.4. The molecule has 0 radical (unpaired) electrons. The van der Waals surface area contributed by atoms with Gasteiger partial charge in [0.25, 0.3) is 0 Å². The topological polar surface area (TPSA) is 44.8 Å². The highest BCUT2D eigenvalue weighted by atomic mass is 16.5. The Labute approximate surface area is 124 Å². The van der Waals surface area contributed by atoms with E-state index in [1.54, 1.807) is 7.11 Å². The van der Waals surface area contributed by atoms with Crippen LogP contribution >= 0.6 is 0 Å². The van der Waals surface area contributed by atoms with Crippen LogP contribution in [0.5, 0.6) is 0 Å². The minimum Gasteiger partial charge on any atom is -0.466 e. The maximum Gasteiger partial charge on any atom is 0.305 e. The van der Waals surface area contributed by atoms with Crippen molar-refractivity contribution in [1.82, 2.24) is 0 Å². The van der Waals surface area contributed by atoms with Gasteiger partial charge in [0.1, 0.15) is 0 Å². The van der Waals surface area contributed by atoms with Crippen LogP contribution in [-0.4, -0.2) is 39.5 Å². The molecular formula is C16H32O4. The summed E-state index contributed by atoms with van der Waals surface area (Å²) >= 11 is 0. The SMILES string of the molecule is COCCOCCCC(=O)OCCCCCCC(C)C. The molecule has 0 saturated heterocycles. The molecule has 0 rings (SSSR count). The van der Waals surface area contributed by atoms with E-state index in [0.717, 1.165) is 25.2 Å². The molecule has 0 atom stereocenters. The maximum atomic E-state index is 11.4. The molecule has 0 N–H and O–H groups in total. The van der Waals surface area contributed by atoms with Gasteiger partial charge in [-0.1, -0.05) is 39.5 Å². The fourth-order valence-electron chi connectivity index (χ4n) is 1.83. The first-order chi connectivity index (χ1) is 9.66. The minimum atomic E-state index is -0.109. The van der Waals surface area contributed by atoms with Gasteiger partial charge in [-0.3, -0.25) is 4.79 Å². The van der Waals surface area contributed by atoms with Crippen LogP contribution in [0, 0.1) is 5.92 Å². The Morgan fingerprint density at radius 1 is 0.900 bits per heavy atom. The molecule has 0 bridgehead atoms. The molecule has 20 heavy (non-hydrogen) atoms. The largest absolute Gasteiger partial charge is 0.466 e. The van der Waals surface area contributed by atoms with Crippen molar-refractivity contribution in [3.05, 3.63) is 0 Å². The van der Waals surface area contributed by atoms with Crippen LogP contribution in [0.2, 0.25) is 0 Å². The normalized spacial score (nSPS) is 11.0. The first-order valence-corrected chi connectivity index (χ1v) is 7.89. The molecule has 0 aromatic carbocycles. The number of ether oxygens (including phenoxy) is 3. The summed E-state index contributed by atoms with van der Waals surface area (Å²) < 4.78 is 15.3. The van der Waals surface area contributed by atoms with E-state index in [-0.39, 0.29) is 5.97 Å². The quantitative estimate of drug-likeness (QED) is 0.362. The molecule has 0 unspecified atom stereocenters. The third-order valence-corrected chi connectivity index (χ3v) is 3.04. The average molecular weight is 288 g/mol. The van der Waals surface area contributed by atoms with Crippen LogP contribution in [0.25, 0.3) is 0 Å². The van der Waals surface area contributed by atoms with E-state index in [2.05, 4.69) is 13.8 Å². The van der Waals surface area contributed by atoms with Gasteiger partial charge in [-0.05, 0) is 18.8 Å². The van der Waals surface area contributed by atoms with Crippen molar-refractivity contribution in [3.63, 3.8) is 0 Å². The lowest BCUT2D eigenvalue weighted by molar-refractivity contribution is -0.144. The molecule has 0 saturated carbocycles. The smallest absolute Gasteiger partial charge is 0.305 e. The first-order valence-electron chi connectivity index (χ1n) is 7.89. The zero-order chi connectivity index (χ0) is 15.1. The number of rotatable bonds is 14. The van der Waals surface area contributed by atoms with E-state index in [9.17, 15) is 4.79 Å². The number of carbonyl (C=O) groups is 1. The summed E-state index contributed by atoms with van der Waals surface area (Å²) in [5.41, 5.74) is 0. The van der Waals surface area contributed by atoms with Crippen LogP contribution in [0.3, 0.4) is 0 Å². The van der Waals surface area contributed by atoms with E-state index in [1.807, 2.05) is 0 Å². The van der Waals surface area contributed by atoms with Crippen molar-refractivity contribution in [2.75, 3.05) is 33.5 Å². The standard InChI is InChI=1S/C16H32O4/c1-15(2)9-6-4-5-7-12-20-16(17)10-8-11-19-14-13-18-3/h15H,4-14H2,1-3H3. The fraction of sp³-hybridized carbons (Fsp3) is 0.938. The Morgan fingerprint density at radius 3 is 2.35 bits per heavy atom. The number of unbranched alkanes of at least 4 members (excludes halogenated alkanes) is 3. The predicted octanol–water partition coefficient (Wildman–Crippen LogP) is 3.58. The summed E-state index contributed by atoms with van der Waals surface area (Å²) in [7, 11) is 1.64. The molecule has 0 aliphatic carbocycles. The second-order valence-electron chi connectivity index (χ2n) is 5.53. The van der Waals surface area contributed by atoms with Gasteiger partial charge in [0.2, 0.25) is 0 Å². The molecule has 120 valence electrons. The van der Waals surface area contributed by atoms with Crippen LogP contribution in [0.15, 0.2) is 0 Å². The highest BCUT2D eigenvalue weighted by Gasteiger charge is 2.02. The minimum absolute atomic E-state index is 0.109. The van der Waals surface area contributed by atoms with E-state index in [1.165, 1.54) is 19.3 Å². The molecule has 0 spiro atoms. The number of methoxy groups -OCH3 is 1. The van der Waals surface area contributed by atoms with E-state index >= 15 is 0 Å². The van der Waals surface area contributed by atoms with Crippen LogP contribution in [-0.2, 0) is 19.0 Å². The molecule has 4 nitrogen and oxygen atoms in total. The summed E-state index contributed by atoms with van der Waals surface area (Å²) in [5, 5.41) is 0. The Morgan fingerprint density at radius 2 is 1.65 bits per heavy atom. The van der Waals surface area contributed by atoms with Crippen molar-refractivity contribution in [2.24, 2.45) is 5.92 Å². The third kappa shape index (κ3) is 15.4. The molecular weight excluding hydrogens is 256 g/mol. The summed E-state index contributed by atoms with van der Waals surface area (Å²) in [5.74, 6) is 0.682. The van der Waals surface area contributed by atoms with Crippen LogP contribution in [0.1, 0.15) is 58.8 Å². The van der Waals surface area contributed by atoms with Gasteiger partial charge in [0, 0.05) is 20.1 Å². The Balaban J connectivity index is 3.16. The number of hydrogen-bond acceptors (Lipinski definition) is 4. The summed E-state index contributed by atoms with van der Waals surface area (Å²) in [6.07, 6.45) is 7.11. The van der Waals surface area contributed by atoms with Crippen molar-refractivity contribution >= 4 is 5.97 Å². The van der Waals surface area contributed by atoms with Crippen LogP contribution in [0.4, 0.5) is 0 Å². The van der Waals surface area contributed by atoms with Gasteiger partial charge in [0.05, 0.1) is 19.8 Å². The second kappa shape index (κ2) is 14.8. The van der Waals surface area contributed by atoms with Gasteiger partial charge >= 0.3 is 5.97 Å². The average Bonchev–Trinajstić information content (AvgIpc) is 2.41. The third-order valence-electron chi connectivity index (χ3n) is 3.04. The number of esters is 1. The zero-order valence-corrected chi connectivity index (χ0v) is 13.5. The fourth-order valence-corrected chi connectivity index (χ4v) is 1.83. The van der Waals surface area contributed by atoms with Gasteiger partial charge in [-0.15, -0.1) is 0 Å². The maximum absolute atomic E-state index is 11.4. The lowest BCUT2D eigenvalue weighted by Gasteiger charge is -2.06. The molecule has 4 heteroatoms. The second-order valence-corrected chi connectivity index (χ2v) is 5.53. The molecule has 0 aliphatic heterocycles. The monoisotopic (exact) mass is 288 g/mol. The molecule has 0 aromatic rings. The summed E-state index contributed by atoms with van der Waals surface area (Å²) in [6.45, 7) is 6.84. The van der Waals surface area contributed by atoms with Crippen molar-refractivity contribution in [1.29, 1.82) is 0 Å². The highest BCUT2D eigenvalue weighted by molar-refractivity contribution is 5.69. The summed E-state index contributed by atoms with van der Waals surface area (Å²) in [4.78, 5) is 11.4. The lowest BCUT2D eigenvalue weighted by Crippen LogP contribution is -2.08. The van der Waals surface area contributed by atoms with Crippen molar-refractivity contribution in [3.8, 4) is 0 Å². The van der Waals surface area contributed by atoms with Crippen molar-refractivity contribution < 1.29 is 19.0 Å². The van der Waals surface area contributed by atoms with Gasteiger partial charge in [-0.25, -0.2) is 0 Å². The zero-order valence-electron chi connectivity index (χ0n) is 13.5.